The molecule has 1 heterocycles. The molecule has 1 aliphatic heterocycles. The summed E-state index contributed by atoms with van der Waals surface area (Å²) < 4.78 is 10.8. The Balaban J connectivity index is 0.00000420. The first-order valence-corrected chi connectivity index (χ1v) is 10.6. The minimum atomic E-state index is 0. The highest BCUT2D eigenvalue weighted by Crippen LogP contribution is 2.30. The first kappa shape index (κ1) is 25.7. The van der Waals surface area contributed by atoms with Crippen LogP contribution in [-0.4, -0.2) is 52.4 Å². The van der Waals surface area contributed by atoms with Crippen LogP contribution < -0.4 is 25.0 Å². The molecule has 1 fully saturated rings. The molecule has 0 aliphatic carbocycles. The summed E-state index contributed by atoms with van der Waals surface area (Å²) in [4.78, 5) is 7.15. The van der Waals surface area contributed by atoms with Crippen LogP contribution in [0.1, 0.15) is 46.5 Å². The molecule has 1 aromatic carbocycles. The molecule has 0 aromatic heterocycles. The number of rotatable bonds is 9. The zero-order chi connectivity index (χ0) is 20.4. The lowest BCUT2D eigenvalue weighted by Gasteiger charge is -2.34. The standard InChI is InChI=1S/C22H38N4O2.HI/c1-6-23-22(24-11-7-8-17(2)3)25-18-9-12-26(13-10-18)19-14-20(27-4)16-21(15-19)28-5;/h14-18H,6-13H2,1-5H3,(H2,23,24,25);1H. The Kier molecular flexibility index (Phi) is 12.2. The number of ether oxygens (including phenoxy) is 2. The Labute approximate surface area is 193 Å². The lowest BCUT2D eigenvalue weighted by molar-refractivity contribution is 0.393. The monoisotopic (exact) mass is 518 g/mol. The zero-order valence-corrected chi connectivity index (χ0v) is 21.0. The molecule has 0 saturated carbocycles. The van der Waals surface area contributed by atoms with Crippen molar-refractivity contribution in [2.75, 3.05) is 45.3 Å². The normalized spacial score (nSPS) is 15.1. The van der Waals surface area contributed by atoms with Crippen molar-refractivity contribution in [1.82, 2.24) is 10.6 Å². The predicted octanol–water partition coefficient (Wildman–Crippen LogP) is 4.28. The Morgan fingerprint density at radius 1 is 1.14 bits per heavy atom. The van der Waals surface area contributed by atoms with Gasteiger partial charge in [-0.2, -0.15) is 0 Å². The van der Waals surface area contributed by atoms with E-state index in [4.69, 9.17) is 14.5 Å². The molecule has 0 atom stereocenters. The number of aliphatic imine (C=N–C) groups is 1. The highest BCUT2D eigenvalue weighted by Gasteiger charge is 2.21. The fourth-order valence-corrected chi connectivity index (χ4v) is 3.46. The average Bonchev–Trinajstić information content (AvgIpc) is 2.71. The number of piperidine rings is 1. The molecular formula is C22H39IN4O2. The Morgan fingerprint density at radius 2 is 1.76 bits per heavy atom. The quantitative estimate of drug-likeness (QED) is 0.221. The van der Waals surface area contributed by atoms with Crippen LogP contribution in [0.5, 0.6) is 11.5 Å². The number of nitrogens with zero attached hydrogens (tertiary/aromatic N) is 2. The minimum Gasteiger partial charge on any atom is -0.497 e. The topological polar surface area (TPSA) is 58.1 Å². The molecule has 0 unspecified atom stereocenters. The SMILES string of the molecule is CCNC(=NCCCC(C)C)NC1CCN(c2cc(OC)cc(OC)c2)CC1.I. The summed E-state index contributed by atoms with van der Waals surface area (Å²) in [5.74, 6) is 3.35. The summed E-state index contributed by atoms with van der Waals surface area (Å²) in [5.41, 5.74) is 1.16. The van der Waals surface area contributed by atoms with Gasteiger partial charge in [0.2, 0.25) is 0 Å². The number of halogens is 1. The summed E-state index contributed by atoms with van der Waals surface area (Å²) in [6.45, 7) is 10.4. The largest absolute Gasteiger partial charge is 0.497 e. The number of nitrogens with one attached hydrogen (secondary N) is 2. The second-order valence-corrected chi connectivity index (χ2v) is 7.77. The molecule has 6 nitrogen and oxygen atoms in total. The van der Waals surface area contributed by atoms with Crippen molar-refractivity contribution in [2.45, 2.75) is 52.5 Å². The van der Waals surface area contributed by atoms with Crippen molar-refractivity contribution in [3.05, 3.63) is 18.2 Å². The van der Waals surface area contributed by atoms with Gasteiger partial charge in [0.25, 0.3) is 0 Å². The molecule has 0 amide bonds. The first-order valence-electron chi connectivity index (χ1n) is 10.6. The van der Waals surface area contributed by atoms with Crippen LogP contribution in [0.25, 0.3) is 0 Å². The second kappa shape index (κ2) is 13.8. The fourth-order valence-electron chi connectivity index (χ4n) is 3.46. The van der Waals surface area contributed by atoms with Gasteiger partial charge in [0, 0.05) is 56.1 Å². The number of anilines is 1. The number of methoxy groups -OCH3 is 2. The number of hydrogen-bond acceptors (Lipinski definition) is 4. The van der Waals surface area contributed by atoms with Gasteiger partial charge in [0.1, 0.15) is 11.5 Å². The third-order valence-corrected chi connectivity index (χ3v) is 5.09. The maximum absolute atomic E-state index is 5.41. The van der Waals surface area contributed by atoms with E-state index in [-0.39, 0.29) is 24.0 Å². The minimum absolute atomic E-state index is 0. The van der Waals surface area contributed by atoms with Gasteiger partial charge in [0.05, 0.1) is 14.2 Å². The van der Waals surface area contributed by atoms with Crippen molar-refractivity contribution >= 4 is 35.6 Å². The van der Waals surface area contributed by atoms with Crippen LogP contribution in [0.3, 0.4) is 0 Å². The summed E-state index contributed by atoms with van der Waals surface area (Å²) in [6.07, 6.45) is 4.53. The highest BCUT2D eigenvalue weighted by atomic mass is 127. The van der Waals surface area contributed by atoms with Crippen molar-refractivity contribution in [3.63, 3.8) is 0 Å². The van der Waals surface area contributed by atoms with E-state index >= 15 is 0 Å². The lowest BCUT2D eigenvalue weighted by Crippen LogP contribution is -2.48. The van der Waals surface area contributed by atoms with Gasteiger partial charge in [-0.3, -0.25) is 4.99 Å². The molecule has 1 saturated heterocycles. The van der Waals surface area contributed by atoms with Crippen LogP contribution >= 0.6 is 24.0 Å². The molecule has 0 radical (unpaired) electrons. The summed E-state index contributed by atoms with van der Waals surface area (Å²) in [6, 6.07) is 6.52. The van der Waals surface area contributed by atoms with Gasteiger partial charge < -0.3 is 25.0 Å². The van der Waals surface area contributed by atoms with E-state index in [1.807, 2.05) is 6.07 Å². The molecule has 0 spiro atoms. The van der Waals surface area contributed by atoms with Gasteiger partial charge in [-0.1, -0.05) is 13.8 Å². The van der Waals surface area contributed by atoms with E-state index in [1.165, 1.54) is 6.42 Å². The third kappa shape index (κ3) is 8.88. The summed E-state index contributed by atoms with van der Waals surface area (Å²) in [7, 11) is 3.38. The molecule has 29 heavy (non-hydrogen) atoms. The average molecular weight is 518 g/mol. The van der Waals surface area contributed by atoms with E-state index in [0.29, 0.717) is 6.04 Å². The molecule has 1 aromatic rings. The molecule has 7 heteroatoms. The fraction of sp³-hybridized carbons (Fsp3) is 0.682. The first-order chi connectivity index (χ1) is 13.5. The van der Waals surface area contributed by atoms with Crippen molar-refractivity contribution in [1.29, 1.82) is 0 Å². The van der Waals surface area contributed by atoms with Crippen molar-refractivity contribution in [2.24, 2.45) is 10.9 Å². The van der Waals surface area contributed by atoms with Crippen LogP contribution in [0.2, 0.25) is 0 Å². The molecule has 2 N–H and O–H groups in total. The third-order valence-electron chi connectivity index (χ3n) is 5.09. The highest BCUT2D eigenvalue weighted by molar-refractivity contribution is 14.0. The van der Waals surface area contributed by atoms with Crippen LogP contribution in [-0.2, 0) is 0 Å². The Hall–Kier alpha value is -1.38. The van der Waals surface area contributed by atoms with E-state index in [2.05, 4.69) is 48.4 Å². The summed E-state index contributed by atoms with van der Waals surface area (Å²) >= 11 is 0. The smallest absolute Gasteiger partial charge is 0.191 e. The Bertz CT molecular complexity index is 595. The van der Waals surface area contributed by atoms with Gasteiger partial charge in [-0.25, -0.2) is 0 Å². The molecular weight excluding hydrogens is 479 g/mol. The molecule has 2 rings (SSSR count). The van der Waals surface area contributed by atoms with Gasteiger partial charge in [0.15, 0.2) is 5.96 Å². The van der Waals surface area contributed by atoms with Crippen molar-refractivity contribution < 1.29 is 9.47 Å². The van der Waals surface area contributed by atoms with Crippen LogP contribution in [0.4, 0.5) is 5.69 Å². The zero-order valence-electron chi connectivity index (χ0n) is 18.7. The molecule has 0 bridgehead atoms. The van der Waals surface area contributed by atoms with E-state index in [0.717, 1.165) is 74.5 Å². The lowest BCUT2D eigenvalue weighted by atomic mass is 10.0. The Morgan fingerprint density at radius 3 is 2.28 bits per heavy atom. The number of hydrogen-bond donors (Lipinski definition) is 2. The van der Waals surface area contributed by atoms with Gasteiger partial charge in [-0.15, -0.1) is 24.0 Å². The predicted molar refractivity (Wildman–Crippen MR) is 133 cm³/mol. The van der Waals surface area contributed by atoms with Crippen molar-refractivity contribution in [3.8, 4) is 11.5 Å². The van der Waals surface area contributed by atoms with E-state index in [9.17, 15) is 0 Å². The van der Waals surface area contributed by atoms with Crippen LogP contribution in [0.15, 0.2) is 23.2 Å². The van der Waals surface area contributed by atoms with Gasteiger partial charge in [-0.05, 0) is 38.5 Å². The number of guanidine groups is 1. The van der Waals surface area contributed by atoms with E-state index in [1.54, 1.807) is 14.2 Å². The molecule has 166 valence electrons. The van der Waals surface area contributed by atoms with E-state index < -0.39 is 0 Å². The number of benzene rings is 1. The summed E-state index contributed by atoms with van der Waals surface area (Å²) in [5, 5.41) is 7.01. The second-order valence-electron chi connectivity index (χ2n) is 7.77. The maximum atomic E-state index is 5.41. The van der Waals surface area contributed by atoms with Gasteiger partial charge >= 0.3 is 0 Å². The van der Waals surface area contributed by atoms with Crippen LogP contribution in [0, 0.1) is 5.92 Å². The maximum Gasteiger partial charge on any atom is 0.191 e. The molecule has 1 aliphatic rings.